The average Bonchev–Trinajstić information content (AvgIpc) is 2.37. The maximum absolute atomic E-state index is 13.8. The van der Waals surface area contributed by atoms with Crippen molar-refractivity contribution < 1.29 is 9.18 Å². The molecule has 1 saturated carbocycles. The smallest absolute Gasteiger partial charge is 0.254 e. The number of anilines is 1. The Balaban J connectivity index is 2.12. The fraction of sp³-hybridized carbons (Fsp3) is 0.588. The van der Waals surface area contributed by atoms with Gasteiger partial charge in [0.05, 0.1) is 5.56 Å². The van der Waals surface area contributed by atoms with E-state index < -0.39 is 5.82 Å². The van der Waals surface area contributed by atoms with E-state index in [9.17, 15) is 9.18 Å². The molecule has 1 aromatic carbocycles. The van der Waals surface area contributed by atoms with Gasteiger partial charge in [-0.15, -0.1) is 0 Å². The average molecular weight is 292 g/mol. The van der Waals surface area contributed by atoms with Crippen molar-refractivity contribution in [3.05, 3.63) is 29.6 Å². The molecule has 3 N–H and O–H groups in total. The molecule has 0 saturated heterocycles. The lowest BCUT2D eigenvalue weighted by molar-refractivity contribution is 0.0864. The molecule has 1 fully saturated rings. The van der Waals surface area contributed by atoms with Gasteiger partial charge in [0, 0.05) is 11.7 Å². The van der Waals surface area contributed by atoms with Crippen LogP contribution in [0.1, 0.15) is 50.4 Å². The Morgan fingerprint density at radius 2 is 2.10 bits per heavy atom. The van der Waals surface area contributed by atoms with Gasteiger partial charge in [0.2, 0.25) is 0 Å². The van der Waals surface area contributed by atoms with Crippen molar-refractivity contribution in [2.75, 3.05) is 5.73 Å². The number of nitrogen functional groups attached to an aromatic ring is 1. The molecule has 0 aliphatic heterocycles. The Bertz CT molecular complexity index is 516. The van der Waals surface area contributed by atoms with Crippen LogP contribution in [0.15, 0.2) is 18.2 Å². The molecule has 21 heavy (non-hydrogen) atoms. The molecule has 1 aliphatic rings. The van der Waals surface area contributed by atoms with Gasteiger partial charge in [-0.05, 0) is 48.8 Å². The van der Waals surface area contributed by atoms with Crippen molar-refractivity contribution in [1.29, 1.82) is 0 Å². The van der Waals surface area contributed by atoms with Gasteiger partial charge in [-0.3, -0.25) is 4.79 Å². The van der Waals surface area contributed by atoms with E-state index in [2.05, 4.69) is 26.1 Å². The molecule has 1 aliphatic carbocycles. The summed E-state index contributed by atoms with van der Waals surface area (Å²) in [6.07, 6.45) is 3.28. The number of nitrogens with one attached hydrogen (secondary N) is 1. The van der Waals surface area contributed by atoms with E-state index in [1.165, 1.54) is 18.6 Å². The second kappa shape index (κ2) is 6.46. The summed E-state index contributed by atoms with van der Waals surface area (Å²) in [6, 6.07) is 4.33. The second-order valence-corrected chi connectivity index (χ2v) is 6.65. The van der Waals surface area contributed by atoms with Crippen molar-refractivity contribution in [3.8, 4) is 0 Å². The van der Waals surface area contributed by atoms with Gasteiger partial charge >= 0.3 is 0 Å². The lowest BCUT2D eigenvalue weighted by Gasteiger charge is -2.37. The Kier molecular flexibility index (Phi) is 4.86. The molecule has 0 aromatic heterocycles. The van der Waals surface area contributed by atoms with Gasteiger partial charge < -0.3 is 11.1 Å². The molecule has 1 amide bonds. The standard InChI is InChI=1S/C17H25FN2O/c1-10(2)13-6-4-11(3)8-16(13)20-17(21)14-7-5-12(19)9-15(14)18/h5,7,9-11,13,16H,4,6,8,19H2,1-3H3,(H,20,21). The molecule has 1 aromatic rings. The lowest BCUT2D eigenvalue weighted by Crippen LogP contribution is -2.45. The van der Waals surface area contributed by atoms with E-state index in [1.807, 2.05) is 0 Å². The van der Waals surface area contributed by atoms with Crippen molar-refractivity contribution in [2.45, 2.75) is 46.1 Å². The predicted octanol–water partition coefficient (Wildman–Crippen LogP) is 3.60. The topological polar surface area (TPSA) is 55.1 Å². The summed E-state index contributed by atoms with van der Waals surface area (Å²) in [5.74, 6) is 0.678. The van der Waals surface area contributed by atoms with Gasteiger partial charge in [-0.1, -0.05) is 27.2 Å². The summed E-state index contributed by atoms with van der Waals surface area (Å²) in [7, 11) is 0. The van der Waals surface area contributed by atoms with Crippen LogP contribution in [0.3, 0.4) is 0 Å². The third kappa shape index (κ3) is 3.74. The van der Waals surface area contributed by atoms with Gasteiger partial charge in [0.25, 0.3) is 5.91 Å². The number of amides is 1. The molecular weight excluding hydrogens is 267 g/mol. The Morgan fingerprint density at radius 1 is 1.38 bits per heavy atom. The molecule has 3 unspecified atom stereocenters. The first-order chi connectivity index (χ1) is 9.88. The SMILES string of the molecule is CC1CCC(C(C)C)C(NC(=O)c2ccc(N)cc2F)C1. The van der Waals surface area contributed by atoms with Crippen LogP contribution >= 0.6 is 0 Å². The molecule has 3 atom stereocenters. The predicted molar refractivity (Wildman–Crippen MR) is 83.4 cm³/mol. The Morgan fingerprint density at radius 3 is 2.71 bits per heavy atom. The third-order valence-electron chi connectivity index (χ3n) is 4.58. The molecular formula is C17H25FN2O. The van der Waals surface area contributed by atoms with Gasteiger partial charge in [-0.25, -0.2) is 4.39 Å². The van der Waals surface area contributed by atoms with Crippen LogP contribution < -0.4 is 11.1 Å². The lowest BCUT2D eigenvalue weighted by atomic mass is 9.74. The van der Waals surface area contributed by atoms with Gasteiger partial charge in [-0.2, -0.15) is 0 Å². The first-order valence-electron chi connectivity index (χ1n) is 7.74. The maximum Gasteiger partial charge on any atom is 0.254 e. The van der Waals surface area contributed by atoms with Crippen LogP contribution in [0, 0.1) is 23.6 Å². The summed E-state index contributed by atoms with van der Waals surface area (Å²) >= 11 is 0. The minimum atomic E-state index is -0.558. The van der Waals surface area contributed by atoms with Crippen LogP contribution in [0.5, 0.6) is 0 Å². The highest BCUT2D eigenvalue weighted by Gasteiger charge is 2.32. The monoisotopic (exact) mass is 292 g/mol. The fourth-order valence-electron chi connectivity index (χ4n) is 3.33. The summed E-state index contributed by atoms with van der Waals surface area (Å²) in [4.78, 5) is 12.3. The minimum absolute atomic E-state index is 0.0740. The molecule has 3 nitrogen and oxygen atoms in total. The van der Waals surface area contributed by atoms with Crippen LogP contribution in [-0.2, 0) is 0 Å². The van der Waals surface area contributed by atoms with Gasteiger partial charge in [0.15, 0.2) is 0 Å². The molecule has 4 heteroatoms. The summed E-state index contributed by atoms with van der Waals surface area (Å²) in [6.45, 7) is 6.58. The number of hydrogen-bond acceptors (Lipinski definition) is 2. The summed E-state index contributed by atoms with van der Waals surface area (Å²) in [5.41, 5.74) is 5.92. The van der Waals surface area contributed by atoms with Crippen LogP contribution in [-0.4, -0.2) is 11.9 Å². The van der Waals surface area contributed by atoms with E-state index in [4.69, 9.17) is 5.73 Å². The minimum Gasteiger partial charge on any atom is -0.399 e. The normalized spacial score (nSPS) is 25.9. The quantitative estimate of drug-likeness (QED) is 0.836. The first kappa shape index (κ1) is 15.8. The van der Waals surface area contributed by atoms with E-state index in [-0.39, 0.29) is 17.5 Å². The number of benzene rings is 1. The highest BCUT2D eigenvalue weighted by molar-refractivity contribution is 5.95. The van der Waals surface area contributed by atoms with E-state index in [0.29, 0.717) is 23.4 Å². The number of nitrogens with two attached hydrogens (primary N) is 1. The summed E-state index contributed by atoms with van der Waals surface area (Å²) in [5, 5.41) is 3.04. The Labute approximate surface area is 126 Å². The van der Waals surface area contributed by atoms with Crippen molar-refractivity contribution in [3.63, 3.8) is 0 Å². The van der Waals surface area contributed by atoms with Crippen LogP contribution in [0.25, 0.3) is 0 Å². The molecule has 0 radical (unpaired) electrons. The molecule has 0 heterocycles. The highest BCUT2D eigenvalue weighted by atomic mass is 19.1. The highest BCUT2D eigenvalue weighted by Crippen LogP contribution is 2.33. The van der Waals surface area contributed by atoms with Crippen LogP contribution in [0.4, 0.5) is 10.1 Å². The van der Waals surface area contributed by atoms with Gasteiger partial charge in [0.1, 0.15) is 5.82 Å². The largest absolute Gasteiger partial charge is 0.399 e. The number of carbonyl (C=O) groups excluding carboxylic acids is 1. The number of halogens is 1. The third-order valence-corrected chi connectivity index (χ3v) is 4.58. The number of carbonyl (C=O) groups is 1. The molecule has 0 bridgehead atoms. The molecule has 2 rings (SSSR count). The summed E-state index contributed by atoms with van der Waals surface area (Å²) < 4.78 is 13.8. The number of rotatable bonds is 3. The van der Waals surface area contributed by atoms with E-state index >= 15 is 0 Å². The zero-order valence-corrected chi connectivity index (χ0v) is 13.0. The zero-order valence-electron chi connectivity index (χ0n) is 13.0. The second-order valence-electron chi connectivity index (χ2n) is 6.65. The van der Waals surface area contributed by atoms with Crippen LogP contribution in [0.2, 0.25) is 0 Å². The van der Waals surface area contributed by atoms with E-state index in [1.54, 1.807) is 6.07 Å². The molecule has 116 valence electrons. The zero-order chi connectivity index (χ0) is 15.6. The van der Waals surface area contributed by atoms with Crippen molar-refractivity contribution in [2.24, 2.45) is 17.8 Å². The fourth-order valence-corrected chi connectivity index (χ4v) is 3.33. The van der Waals surface area contributed by atoms with Crippen molar-refractivity contribution >= 4 is 11.6 Å². The number of hydrogen-bond donors (Lipinski definition) is 2. The Hall–Kier alpha value is -1.58. The molecule has 0 spiro atoms. The maximum atomic E-state index is 13.8. The van der Waals surface area contributed by atoms with E-state index in [0.717, 1.165) is 12.8 Å². The van der Waals surface area contributed by atoms with Crippen molar-refractivity contribution in [1.82, 2.24) is 5.32 Å². The first-order valence-corrected chi connectivity index (χ1v) is 7.74.